The highest BCUT2D eigenvalue weighted by atomic mass is 28.4. The Hall–Kier alpha value is -0.273. The summed E-state index contributed by atoms with van der Waals surface area (Å²) in [6.45, 7) is 17.2. The van der Waals surface area contributed by atoms with Crippen molar-refractivity contribution in [1.82, 2.24) is 5.32 Å². The molecule has 0 rings (SSSR count). The highest BCUT2D eigenvalue weighted by Gasteiger charge is 2.39. The molecular weight excluding hydrogens is 308 g/mol. The van der Waals surface area contributed by atoms with Crippen LogP contribution in [0.4, 0.5) is 0 Å². The van der Waals surface area contributed by atoms with Crippen LogP contribution in [0.3, 0.4) is 0 Å². The van der Waals surface area contributed by atoms with E-state index < -0.39 is 8.80 Å². The van der Waals surface area contributed by atoms with Crippen LogP contribution < -0.4 is 5.32 Å². The summed E-state index contributed by atoms with van der Waals surface area (Å²) in [5, 5.41) is 3.44. The Morgan fingerprint density at radius 3 is 2.04 bits per heavy atom. The lowest BCUT2D eigenvalue weighted by molar-refractivity contribution is 0.0708. The molecule has 6 heteroatoms. The zero-order valence-corrected chi connectivity index (χ0v) is 17.1. The summed E-state index contributed by atoms with van der Waals surface area (Å²) in [6, 6.07) is 0.866. The maximum Gasteiger partial charge on any atom is 0.500 e. The minimum absolute atomic E-state index is 0.642. The molecule has 0 saturated heterocycles. The highest BCUT2D eigenvalue weighted by Crippen LogP contribution is 2.17. The topological polar surface area (TPSA) is 52.1 Å². The first kappa shape index (κ1) is 22.7. The van der Waals surface area contributed by atoms with E-state index in [1.165, 1.54) is 5.71 Å². The number of rotatable bonds is 15. The monoisotopic (exact) mass is 346 g/mol. The summed E-state index contributed by atoms with van der Waals surface area (Å²) in [7, 11) is -2.47. The van der Waals surface area contributed by atoms with Crippen LogP contribution in [-0.4, -0.2) is 54.0 Å². The number of aliphatic imine (C=N–C) groups is 1. The zero-order chi connectivity index (χ0) is 17.6. The summed E-state index contributed by atoms with van der Waals surface area (Å²) >= 11 is 0. The van der Waals surface area contributed by atoms with Gasteiger partial charge in [0.1, 0.15) is 0 Å². The quantitative estimate of drug-likeness (QED) is 0.280. The Morgan fingerprint density at radius 2 is 1.57 bits per heavy atom. The van der Waals surface area contributed by atoms with Crippen molar-refractivity contribution in [1.29, 1.82) is 0 Å². The van der Waals surface area contributed by atoms with Gasteiger partial charge < -0.3 is 18.6 Å². The van der Waals surface area contributed by atoms with E-state index in [2.05, 4.69) is 31.1 Å². The molecule has 0 aromatic rings. The third-order valence-corrected chi connectivity index (χ3v) is 6.45. The standard InChI is InChI=1S/C17H38N2O3Si/c1-7-20-23(21-8-2,22-9-3)14-10-11-18-12-13-19-17(6)15-16(4)5/h16,18H,7-15H2,1-6H3. The van der Waals surface area contributed by atoms with Gasteiger partial charge in [0.05, 0.1) is 6.54 Å². The maximum absolute atomic E-state index is 5.85. The molecule has 0 bridgehead atoms. The summed E-state index contributed by atoms with van der Waals surface area (Å²) in [4.78, 5) is 4.59. The van der Waals surface area contributed by atoms with Gasteiger partial charge in [-0.2, -0.15) is 0 Å². The molecule has 0 unspecified atom stereocenters. The molecule has 0 aliphatic carbocycles. The van der Waals surface area contributed by atoms with Crippen LogP contribution in [0, 0.1) is 5.92 Å². The van der Waals surface area contributed by atoms with E-state index in [1.54, 1.807) is 0 Å². The smallest absolute Gasteiger partial charge is 0.374 e. The van der Waals surface area contributed by atoms with E-state index in [0.29, 0.717) is 25.7 Å². The second-order valence-corrected chi connectivity index (χ2v) is 8.78. The Bertz CT molecular complexity index is 295. The van der Waals surface area contributed by atoms with E-state index in [0.717, 1.165) is 38.5 Å². The van der Waals surface area contributed by atoms with E-state index in [-0.39, 0.29) is 0 Å². The largest absolute Gasteiger partial charge is 0.500 e. The van der Waals surface area contributed by atoms with E-state index in [1.807, 2.05) is 20.8 Å². The molecule has 0 radical (unpaired) electrons. The van der Waals surface area contributed by atoms with Crippen molar-refractivity contribution < 1.29 is 13.3 Å². The van der Waals surface area contributed by atoms with Crippen LogP contribution >= 0.6 is 0 Å². The minimum Gasteiger partial charge on any atom is -0.374 e. The van der Waals surface area contributed by atoms with Crippen molar-refractivity contribution in [2.45, 2.75) is 60.4 Å². The molecule has 0 fully saturated rings. The molecule has 0 saturated carbocycles. The normalized spacial score (nSPS) is 13.1. The predicted octanol–water partition coefficient (Wildman–Crippen LogP) is 3.52. The van der Waals surface area contributed by atoms with Gasteiger partial charge in [-0.3, -0.25) is 4.99 Å². The van der Waals surface area contributed by atoms with Crippen molar-refractivity contribution in [2.24, 2.45) is 10.9 Å². The number of nitrogens with zero attached hydrogens (tertiary/aromatic N) is 1. The van der Waals surface area contributed by atoms with Crippen molar-refractivity contribution in [3.05, 3.63) is 0 Å². The molecule has 0 amide bonds. The van der Waals surface area contributed by atoms with Crippen LogP contribution in [0.15, 0.2) is 4.99 Å². The van der Waals surface area contributed by atoms with Crippen molar-refractivity contribution in [3.63, 3.8) is 0 Å². The van der Waals surface area contributed by atoms with E-state index >= 15 is 0 Å². The van der Waals surface area contributed by atoms with Gasteiger partial charge in [0.15, 0.2) is 0 Å². The predicted molar refractivity (Wildman–Crippen MR) is 100 cm³/mol. The molecule has 0 aliphatic rings. The van der Waals surface area contributed by atoms with E-state index in [4.69, 9.17) is 13.3 Å². The molecule has 0 heterocycles. The Morgan fingerprint density at radius 1 is 1.00 bits per heavy atom. The summed E-state index contributed by atoms with van der Waals surface area (Å²) in [5.41, 5.74) is 1.25. The van der Waals surface area contributed by atoms with Crippen LogP contribution in [0.1, 0.15) is 54.4 Å². The molecule has 0 aromatic carbocycles. The van der Waals surface area contributed by atoms with Crippen molar-refractivity contribution in [2.75, 3.05) is 39.5 Å². The molecule has 5 nitrogen and oxygen atoms in total. The molecule has 0 aliphatic heterocycles. The lowest BCUT2D eigenvalue weighted by atomic mass is 10.1. The zero-order valence-electron chi connectivity index (χ0n) is 16.1. The SMILES string of the molecule is CCO[Si](CCCNCCN=C(C)CC(C)C)(OCC)OCC. The summed E-state index contributed by atoms with van der Waals surface area (Å²) in [6.07, 6.45) is 2.09. The van der Waals surface area contributed by atoms with Gasteiger partial charge in [0.25, 0.3) is 0 Å². The molecule has 0 aromatic heterocycles. The molecular formula is C17H38N2O3Si. The second kappa shape index (κ2) is 14.1. The lowest BCUT2D eigenvalue weighted by Crippen LogP contribution is -2.46. The minimum atomic E-state index is -2.47. The van der Waals surface area contributed by atoms with Gasteiger partial charge >= 0.3 is 8.80 Å². The lowest BCUT2D eigenvalue weighted by Gasteiger charge is -2.28. The fourth-order valence-electron chi connectivity index (χ4n) is 2.54. The number of hydrogen-bond donors (Lipinski definition) is 1. The first-order valence-corrected chi connectivity index (χ1v) is 11.0. The van der Waals surface area contributed by atoms with Gasteiger partial charge in [-0.05, 0) is 53.0 Å². The molecule has 23 heavy (non-hydrogen) atoms. The maximum atomic E-state index is 5.85. The first-order chi connectivity index (χ1) is 11.0. The van der Waals surface area contributed by atoms with Gasteiger partial charge in [0, 0.05) is 38.1 Å². The van der Waals surface area contributed by atoms with Crippen molar-refractivity contribution in [3.8, 4) is 0 Å². The third-order valence-electron chi connectivity index (χ3n) is 3.30. The summed E-state index contributed by atoms with van der Waals surface area (Å²) in [5.74, 6) is 0.681. The van der Waals surface area contributed by atoms with Crippen LogP contribution in [0.2, 0.25) is 6.04 Å². The van der Waals surface area contributed by atoms with Gasteiger partial charge in [-0.1, -0.05) is 13.8 Å². The molecule has 0 spiro atoms. The average molecular weight is 347 g/mol. The van der Waals surface area contributed by atoms with Gasteiger partial charge in [-0.15, -0.1) is 0 Å². The van der Waals surface area contributed by atoms with Crippen molar-refractivity contribution >= 4 is 14.5 Å². The van der Waals surface area contributed by atoms with E-state index in [9.17, 15) is 0 Å². The Labute approximate surface area is 144 Å². The van der Waals surface area contributed by atoms with Crippen LogP contribution in [0.5, 0.6) is 0 Å². The second-order valence-electron chi connectivity index (χ2n) is 6.05. The average Bonchev–Trinajstić information content (AvgIpc) is 2.46. The third kappa shape index (κ3) is 11.8. The molecule has 1 N–H and O–H groups in total. The first-order valence-electron chi connectivity index (χ1n) is 9.12. The van der Waals surface area contributed by atoms with Gasteiger partial charge in [-0.25, -0.2) is 0 Å². The van der Waals surface area contributed by atoms with Crippen LogP contribution in [0.25, 0.3) is 0 Å². The number of hydrogen-bond acceptors (Lipinski definition) is 5. The summed E-state index contributed by atoms with van der Waals surface area (Å²) < 4.78 is 17.6. The fraction of sp³-hybridized carbons (Fsp3) is 0.941. The molecule has 0 atom stereocenters. The Balaban J connectivity index is 3.97. The van der Waals surface area contributed by atoms with Crippen LogP contribution in [-0.2, 0) is 13.3 Å². The van der Waals surface area contributed by atoms with Gasteiger partial charge in [0.2, 0.25) is 0 Å². The fourth-order valence-corrected chi connectivity index (χ4v) is 5.15. The highest BCUT2D eigenvalue weighted by molar-refractivity contribution is 6.60. The Kier molecular flexibility index (Phi) is 13.9. The number of nitrogens with one attached hydrogen (secondary N) is 1. The molecule has 138 valence electrons.